The Morgan fingerprint density at radius 3 is 2.27 bits per heavy atom. The molecule has 0 spiro atoms. The highest BCUT2D eigenvalue weighted by atomic mass is 16.6. The van der Waals surface area contributed by atoms with E-state index in [0.717, 1.165) is 13.0 Å². The van der Waals surface area contributed by atoms with Crippen molar-refractivity contribution in [2.24, 2.45) is 5.41 Å². The van der Waals surface area contributed by atoms with E-state index in [1.54, 1.807) is 0 Å². The average Bonchev–Trinajstić information content (AvgIpc) is 2.98. The molecule has 1 aliphatic carbocycles. The van der Waals surface area contributed by atoms with Crippen LogP contribution in [0.4, 0.5) is 4.79 Å². The molecule has 0 unspecified atom stereocenters. The monoisotopic (exact) mass is 412 g/mol. The van der Waals surface area contributed by atoms with Crippen molar-refractivity contribution in [3.05, 3.63) is 41.5 Å². The van der Waals surface area contributed by atoms with Crippen molar-refractivity contribution >= 4 is 11.7 Å². The first-order chi connectivity index (χ1) is 14.0. The first-order valence-electron chi connectivity index (χ1n) is 11.5. The van der Waals surface area contributed by atoms with Gasteiger partial charge in [-0.05, 0) is 82.0 Å². The minimum Gasteiger partial charge on any atom is -0.444 e. The topological polar surface area (TPSA) is 32.8 Å². The molecule has 30 heavy (non-hydrogen) atoms. The van der Waals surface area contributed by atoms with Crippen LogP contribution in [0, 0.1) is 5.41 Å². The molecule has 1 heterocycles. The van der Waals surface area contributed by atoms with Crippen molar-refractivity contribution in [3.8, 4) is 0 Å². The standard InChI is InChI=1S/C26H40N2O2/c1-25(2,3)23-27(7)18-22(28(23)24(29)30-26(4,5)6)17-19-13-15-21(16-14-19)20-11-9-8-10-12-20/h11,13-16,22-23H,8-10,12,17-18H2,1-7H3/t22-,23-/m0/s1. The van der Waals surface area contributed by atoms with Crippen LogP contribution in [0.1, 0.15) is 78.4 Å². The van der Waals surface area contributed by atoms with Crippen LogP contribution in [-0.4, -0.2) is 47.3 Å². The van der Waals surface area contributed by atoms with Crippen LogP contribution in [0.3, 0.4) is 0 Å². The Bertz CT molecular complexity index is 768. The fourth-order valence-corrected chi connectivity index (χ4v) is 4.96. The molecule has 0 N–H and O–H groups in total. The second kappa shape index (κ2) is 8.74. The van der Waals surface area contributed by atoms with E-state index in [1.807, 2.05) is 25.7 Å². The molecule has 1 amide bonds. The molecule has 0 radical (unpaired) electrons. The molecule has 1 fully saturated rings. The quantitative estimate of drug-likeness (QED) is 0.600. The summed E-state index contributed by atoms with van der Waals surface area (Å²) in [5, 5.41) is 0. The SMILES string of the molecule is CN1C[C@H](Cc2ccc(C3=CCCCC3)cc2)N(C(=O)OC(C)(C)C)[C@H]1C(C)(C)C. The van der Waals surface area contributed by atoms with Crippen LogP contribution in [0.5, 0.6) is 0 Å². The third-order valence-electron chi connectivity index (χ3n) is 6.04. The molecule has 1 aromatic rings. The lowest BCUT2D eigenvalue weighted by Crippen LogP contribution is -2.52. The van der Waals surface area contributed by atoms with Gasteiger partial charge in [0.15, 0.2) is 0 Å². The maximum atomic E-state index is 13.2. The van der Waals surface area contributed by atoms with Crippen molar-refractivity contribution in [2.75, 3.05) is 13.6 Å². The van der Waals surface area contributed by atoms with Crippen molar-refractivity contribution in [2.45, 2.75) is 91.5 Å². The number of carbonyl (C=O) groups is 1. The first kappa shape index (κ1) is 22.9. The zero-order valence-electron chi connectivity index (χ0n) is 20.0. The number of ether oxygens (including phenoxy) is 1. The molecule has 0 bridgehead atoms. The summed E-state index contributed by atoms with van der Waals surface area (Å²) in [6.07, 6.45) is 8.03. The summed E-state index contributed by atoms with van der Waals surface area (Å²) in [7, 11) is 2.12. The number of hydrogen-bond acceptors (Lipinski definition) is 3. The van der Waals surface area contributed by atoms with Gasteiger partial charge in [-0.3, -0.25) is 9.80 Å². The van der Waals surface area contributed by atoms with Crippen LogP contribution < -0.4 is 0 Å². The van der Waals surface area contributed by atoms with E-state index in [4.69, 9.17) is 4.74 Å². The van der Waals surface area contributed by atoms with Gasteiger partial charge in [0.1, 0.15) is 5.60 Å². The van der Waals surface area contributed by atoms with Gasteiger partial charge in [0.2, 0.25) is 0 Å². The maximum absolute atomic E-state index is 13.2. The number of rotatable bonds is 3. The van der Waals surface area contributed by atoms with Crippen molar-refractivity contribution < 1.29 is 9.53 Å². The fourth-order valence-electron chi connectivity index (χ4n) is 4.96. The Kier molecular flexibility index (Phi) is 6.66. The van der Waals surface area contributed by atoms with Crippen LogP contribution in [0.25, 0.3) is 5.57 Å². The number of hydrogen-bond donors (Lipinski definition) is 0. The lowest BCUT2D eigenvalue weighted by Gasteiger charge is -2.40. The summed E-state index contributed by atoms with van der Waals surface area (Å²) in [5.41, 5.74) is 3.55. The number of allylic oxidation sites excluding steroid dienone is 2. The number of amides is 1. The van der Waals surface area contributed by atoms with Crippen LogP contribution in [0.2, 0.25) is 0 Å². The summed E-state index contributed by atoms with van der Waals surface area (Å²) >= 11 is 0. The van der Waals surface area contributed by atoms with Gasteiger partial charge in [0, 0.05) is 6.54 Å². The third kappa shape index (κ3) is 5.46. The highest BCUT2D eigenvalue weighted by Gasteiger charge is 2.47. The lowest BCUT2D eigenvalue weighted by molar-refractivity contribution is -0.0131. The summed E-state index contributed by atoms with van der Waals surface area (Å²) in [4.78, 5) is 17.5. The molecule has 0 saturated carbocycles. The van der Waals surface area contributed by atoms with E-state index in [1.165, 1.54) is 42.4 Å². The van der Waals surface area contributed by atoms with Crippen LogP contribution in [0.15, 0.2) is 30.3 Å². The van der Waals surface area contributed by atoms with Gasteiger partial charge >= 0.3 is 6.09 Å². The van der Waals surface area contributed by atoms with E-state index in [9.17, 15) is 4.79 Å². The largest absolute Gasteiger partial charge is 0.444 e. The highest BCUT2D eigenvalue weighted by Crippen LogP contribution is 2.35. The molecular formula is C26H40N2O2. The summed E-state index contributed by atoms with van der Waals surface area (Å²) in [6.45, 7) is 13.2. The number of benzene rings is 1. The molecule has 4 heteroatoms. The Balaban J connectivity index is 1.80. The molecule has 4 nitrogen and oxygen atoms in total. The first-order valence-corrected chi connectivity index (χ1v) is 11.5. The second-order valence-electron chi connectivity index (χ2n) is 11.1. The summed E-state index contributed by atoms with van der Waals surface area (Å²) in [5.74, 6) is 0. The number of likely N-dealkylation sites (N-methyl/N-ethyl adjacent to an activating group) is 1. The van der Waals surface area contributed by atoms with Crippen LogP contribution >= 0.6 is 0 Å². The summed E-state index contributed by atoms with van der Waals surface area (Å²) in [6, 6.07) is 9.09. The zero-order chi connectivity index (χ0) is 22.1. The third-order valence-corrected chi connectivity index (χ3v) is 6.04. The lowest BCUT2D eigenvalue weighted by atomic mass is 9.91. The minimum atomic E-state index is -0.499. The minimum absolute atomic E-state index is 0.0176. The molecule has 1 aromatic carbocycles. The molecule has 166 valence electrons. The van der Waals surface area contributed by atoms with Gasteiger partial charge in [0.25, 0.3) is 0 Å². The molecule has 2 atom stereocenters. The van der Waals surface area contributed by atoms with E-state index < -0.39 is 5.60 Å². The Hall–Kier alpha value is -1.81. The highest BCUT2D eigenvalue weighted by molar-refractivity contribution is 5.70. The predicted octanol–water partition coefficient (Wildman–Crippen LogP) is 6.11. The van der Waals surface area contributed by atoms with Gasteiger partial charge < -0.3 is 4.74 Å². The molecule has 1 saturated heterocycles. The molecular weight excluding hydrogens is 372 g/mol. The number of nitrogens with zero attached hydrogens (tertiary/aromatic N) is 2. The van der Waals surface area contributed by atoms with Gasteiger partial charge in [0.05, 0.1) is 12.2 Å². The maximum Gasteiger partial charge on any atom is 0.411 e. The summed E-state index contributed by atoms with van der Waals surface area (Å²) < 4.78 is 5.81. The average molecular weight is 413 g/mol. The molecule has 2 aliphatic rings. The van der Waals surface area contributed by atoms with E-state index in [0.29, 0.717) is 0 Å². The van der Waals surface area contributed by atoms with Gasteiger partial charge in [-0.15, -0.1) is 0 Å². The zero-order valence-corrected chi connectivity index (χ0v) is 20.0. The van der Waals surface area contributed by atoms with Gasteiger partial charge in [-0.2, -0.15) is 0 Å². The van der Waals surface area contributed by atoms with E-state index in [-0.39, 0.29) is 23.7 Å². The Morgan fingerprint density at radius 1 is 1.07 bits per heavy atom. The van der Waals surface area contributed by atoms with Crippen molar-refractivity contribution in [1.29, 1.82) is 0 Å². The normalized spacial score (nSPS) is 23.4. The van der Waals surface area contributed by atoms with E-state index in [2.05, 4.69) is 63.1 Å². The molecule has 3 rings (SSSR count). The Labute approximate surface area is 183 Å². The Morgan fingerprint density at radius 2 is 1.73 bits per heavy atom. The molecule has 0 aromatic heterocycles. The van der Waals surface area contributed by atoms with Crippen molar-refractivity contribution in [1.82, 2.24) is 9.80 Å². The second-order valence-corrected chi connectivity index (χ2v) is 11.1. The smallest absolute Gasteiger partial charge is 0.411 e. The molecule has 1 aliphatic heterocycles. The van der Waals surface area contributed by atoms with Crippen molar-refractivity contribution in [3.63, 3.8) is 0 Å². The predicted molar refractivity (Wildman–Crippen MR) is 124 cm³/mol. The van der Waals surface area contributed by atoms with Gasteiger partial charge in [-0.25, -0.2) is 4.79 Å². The van der Waals surface area contributed by atoms with E-state index >= 15 is 0 Å². The fraction of sp³-hybridized carbons (Fsp3) is 0.654. The number of carbonyl (C=O) groups excluding carboxylic acids is 1. The van der Waals surface area contributed by atoms with Gasteiger partial charge in [-0.1, -0.05) is 51.1 Å². The van der Waals surface area contributed by atoms with Crippen LogP contribution in [-0.2, 0) is 11.2 Å².